The third kappa shape index (κ3) is 9.71. The van der Waals surface area contributed by atoms with Gasteiger partial charge in [-0.2, -0.15) is 0 Å². The molecule has 264 valence electrons. The van der Waals surface area contributed by atoms with E-state index in [2.05, 4.69) is 0 Å². The molecule has 4 aromatic carbocycles. The fourth-order valence-electron chi connectivity index (χ4n) is 6.66. The molecule has 2 N–H and O–H groups in total. The molecule has 0 spiro atoms. The van der Waals surface area contributed by atoms with E-state index in [0.717, 1.165) is 60.8 Å². The Bertz CT molecular complexity index is 1620. The molecule has 0 heterocycles. The lowest BCUT2D eigenvalue weighted by Crippen LogP contribution is -2.31. The summed E-state index contributed by atoms with van der Waals surface area (Å²) in [7, 11) is 0. The van der Waals surface area contributed by atoms with Gasteiger partial charge in [-0.1, -0.05) is 48.5 Å². The maximum atomic E-state index is 14.2. The van der Waals surface area contributed by atoms with Gasteiger partial charge in [-0.15, -0.1) is 0 Å². The topological polar surface area (TPSA) is 93.1 Å². The first kappa shape index (κ1) is 36.6. The van der Waals surface area contributed by atoms with E-state index in [4.69, 9.17) is 19.7 Å². The summed E-state index contributed by atoms with van der Waals surface area (Å²) in [6.45, 7) is 7.75. The Morgan fingerprint density at radius 1 is 0.600 bits per heavy atom. The fraction of sp³-hybridized carbons (Fsp3) is 0.381. The molecule has 2 saturated carbocycles. The van der Waals surface area contributed by atoms with E-state index >= 15 is 0 Å². The molecule has 0 saturated heterocycles. The van der Waals surface area contributed by atoms with Crippen LogP contribution in [0.4, 0.5) is 8.78 Å². The molecule has 0 amide bonds. The van der Waals surface area contributed by atoms with E-state index in [1.807, 2.05) is 76.2 Å². The van der Waals surface area contributed by atoms with Crippen molar-refractivity contribution in [3.63, 3.8) is 0 Å². The van der Waals surface area contributed by atoms with Gasteiger partial charge in [0.05, 0.1) is 24.0 Å². The lowest BCUT2D eigenvalue weighted by Gasteiger charge is -2.32. The summed E-state index contributed by atoms with van der Waals surface area (Å²) in [6.07, 6.45) is 4.84. The lowest BCUT2D eigenvalue weighted by molar-refractivity contribution is -0.147. The first-order chi connectivity index (χ1) is 23.8. The zero-order chi connectivity index (χ0) is 35.9. The van der Waals surface area contributed by atoms with Crippen LogP contribution in [0.15, 0.2) is 84.9 Å². The normalized spacial score (nSPS) is 19.5. The number of carbonyl (C=O) groups is 2. The molecule has 0 atom stereocenters. The second-order valence-corrected chi connectivity index (χ2v) is 14.2. The third-order valence-corrected chi connectivity index (χ3v) is 9.37. The molecule has 0 unspecified atom stereocenters. The van der Waals surface area contributed by atoms with Gasteiger partial charge < -0.3 is 19.7 Å². The van der Waals surface area contributed by atoms with Crippen LogP contribution in [0.25, 0.3) is 22.3 Å². The van der Waals surface area contributed by atoms with Crippen molar-refractivity contribution in [2.45, 2.75) is 78.4 Å². The molecule has 0 aliphatic heterocycles. The van der Waals surface area contributed by atoms with Gasteiger partial charge >= 0.3 is 11.9 Å². The molecule has 6 nitrogen and oxygen atoms in total. The SMILES string of the molecule is CC(C)Oc1ccc(F)c(-c2ccc(CC3CC(C(=O)O)C3)cc2)c1.CC(C)Oc1ccc(F)c(-c2ccc(CC3CC(C(=O)O)C3)cc2)c1. The minimum absolute atomic E-state index is 0.0396. The molecule has 2 aliphatic carbocycles. The van der Waals surface area contributed by atoms with Gasteiger partial charge in [-0.25, -0.2) is 8.78 Å². The summed E-state index contributed by atoms with van der Waals surface area (Å²) in [5.74, 6) is -0.0909. The summed E-state index contributed by atoms with van der Waals surface area (Å²) in [5.41, 5.74) is 5.00. The van der Waals surface area contributed by atoms with Crippen molar-refractivity contribution in [2.24, 2.45) is 23.7 Å². The predicted molar refractivity (Wildman–Crippen MR) is 190 cm³/mol. The minimum atomic E-state index is -0.689. The van der Waals surface area contributed by atoms with E-state index in [0.29, 0.717) is 34.5 Å². The first-order valence-electron chi connectivity index (χ1n) is 17.4. The number of aliphatic carboxylic acids is 2. The van der Waals surface area contributed by atoms with Crippen molar-refractivity contribution in [1.82, 2.24) is 0 Å². The van der Waals surface area contributed by atoms with Crippen LogP contribution >= 0.6 is 0 Å². The number of hydrogen-bond donors (Lipinski definition) is 2. The van der Waals surface area contributed by atoms with Gasteiger partial charge in [-0.05, 0) is 137 Å². The average Bonchev–Trinajstić information content (AvgIpc) is 3.02. The van der Waals surface area contributed by atoms with Gasteiger partial charge in [0.2, 0.25) is 0 Å². The van der Waals surface area contributed by atoms with E-state index in [1.165, 1.54) is 12.1 Å². The van der Waals surface area contributed by atoms with Crippen molar-refractivity contribution in [1.29, 1.82) is 0 Å². The minimum Gasteiger partial charge on any atom is -0.491 e. The van der Waals surface area contributed by atoms with Crippen LogP contribution in [0.5, 0.6) is 11.5 Å². The third-order valence-electron chi connectivity index (χ3n) is 9.37. The first-order valence-corrected chi connectivity index (χ1v) is 17.4. The summed E-state index contributed by atoms with van der Waals surface area (Å²) >= 11 is 0. The Morgan fingerprint density at radius 3 is 1.24 bits per heavy atom. The highest BCUT2D eigenvalue weighted by molar-refractivity contribution is 5.71. The van der Waals surface area contributed by atoms with Crippen molar-refractivity contribution < 1.29 is 38.1 Å². The van der Waals surface area contributed by atoms with Crippen LogP contribution in [-0.2, 0) is 22.4 Å². The summed E-state index contributed by atoms with van der Waals surface area (Å²) in [5, 5.41) is 17.9. The van der Waals surface area contributed by atoms with Gasteiger partial charge in [0.25, 0.3) is 0 Å². The second kappa shape index (κ2) is 16.3. The predicted octanol–water partition coefficient (Wildman–Crippen LogP) is 9.87. The maximum Gasteiger partial charge on any atom is 0.306 e. The number of benzene rings is 4. The van der Waals surface area contributed by atoms with E-state index < -0.39 is 11.9 Å². The summed E-state index contributed by atoms with van der Waals surface area (Å²) in [6, 6.07) is 25.3. The van der Waals surface area contributed by atoms with E-state index in [9.17, 15) is 18.4 Å². The number of ether oxygens (including phenoxy) is 2. The molecule has 8 heteroatoms. The van der Waals surface area contributed by atoms with Crippen LogP contribution in [-0.4, -0.2) is 34.4 Å². The number of rotatable bonds is 12. The molecular formula is C42H46F2O6. The Balaban J connectivity index is 0.000000194. The molecule has 2 fully saturated rings. The monoisotopic (exact) mass is 684 g/mol. The maximum absolute atomic E-state index is 14.2. The van der Waals surface area contributed by atoms with Gasteiger partial charge in [-0.3, -0.25) is 9.59 Å². The van der Waals surface area contributed by atoms with E-state index in [-0.39, 0.29) is 35.7 Å². The highest BCUT2D eigenvalue weighted by atomic mass is 19.1. The standard InChI is InChI=1S/2C21H23FO3/c2*1-13(2)25-18-7-8-20(22)19(12-18)16-5-3-14(4-6-16)9-15-10-17(11-15)21(23)24/h2*3-8,12-13,15,17H,9-11H2,1-2H3,(H,23,24). The number of carboxylic acids is 2. The van der Waals surface area contributed by atoms with Crippen molar-refractivity contribution in [2.75, 3.05) is 0 Å². The fourth-order valence-corrected chi connectivity index (χ4v) is 6.66. The Labute approximate surface area is 293 Å². The molecule has 4 aromatic rings. The van der Waals surface area contributed by atoms with Crippen LogP contribution in [0.1, 0.15) is 64.5 Å². The van der Waals surface area contributed by atoms with Crippen LogP contribution < -0.4 is 9.47 Å². The highest BCUT2D eigenvalue weighted by Crippen LogP contribution is 2.38. The van der Waals surface area contributed by atoms with Crippen LogP contribution in [0.2, 0.25) is 0 Å². The number of carboxylic acid groups (broad SMARTS) is 2. The summed E-state index contributed by atoms with van der Waals surface area (Å²) in [4.78, 5) is 21.7. The Kier molecular flexibility index (Phi) is 11.9. The van der Waals surface area contributed by atoms with E-state index in [1.54, 1.807) is 24.3 Å². The molecule has 0 bridgehead atoms. The largest absolute Gasteiger partial charge is 0.491 e. The smallest absolute Gasteiger partial charge is 0.306 e. The zero-order valence-electron chi connectivity index (χ0n) is 29.1. The molecular weight excluding hydrogens is 638 g/mol. The summed E-state index contributed by atoms with van der Waals surface area (Å²) < 4.78 is 39.6. The number of hydrogen-bond acceptors (Lipinski definition) is 4. The quantitative estimate of drug-likeness (QED) is 0.154. The molecule has 2 aliphatic rings. The molecule has 50 heavy (non-hydrogen) atoms. The Morgan fingerprint density at radius 2 is 0.940 bits per heavy atom. The van der Waals surface area contributed by atoms with Crippen LogP contribution in [0.3, 0.4) is 0 Å². The number of halogens is 2. The van der Waals surface area contributed by atoms with Gasteiger partial charge in [0.15, 0.2) is 0 Å². The molecule has 6 rings (SSSR count). The Hall–Kier alpha value is -4.72. The second-order valence-electron chi connectivity index (χ2n) is 14.2. The molecule has 0 aromatic heterocycles. The average molecular weight is 685 g/mol. The van der Waals surface area contributed by atoms with Gasteiger partial charge in [0.1, 0.15) is 23.1 Å². The van der Waals surface area contributed by atoms with Crippen molar-refractivity contribution in [3.8, 4) is 33.8 Å². The van der Waals surface area contributed by atoms with Crippen molar-refractivity contribution in [3.05, 3.63) is 108 Å². The van der Waals surface area contributed by atoms with Crippen LogP contribution in [0, 0.1) is 35.3 Å². The van der Waals surface area contributed by atoms with Gasteiger partial charge in [0, 0.05) is 11.1 Å². The lowest BCUT2D eigenvalue weighted by atomic mass is 9.72. The van der Waals surface area contributed by atoms with Crippen molar-refractivity contribution >= 4 is 11.9 Å². The molecule has 0 radical (unpaired) electrons. The highest BCUT2D eigenvalue weighted by Gasteiger charge is 2.35. The zero-order valence-corrected chi connectivity index (χ0v) is 29.1.